The first-order valence-corrected chi connectivity index (χ1v) is 8.91. The number of guanidine groups is 1. The number of hydrogen-bond donors (Lipinski definition) is 2. The van der Waals surface area contributed by atoms with Crippen molar-refractivity contribution in [3.8, 4) is 0 Å². The summed E-state index contributed by atoms with van der Waals surface area (Å²) in [6.45, 7) is 11.5. The van der Waals surface area contributed by atoms with E-state index in [-0.39, 0.29) is 29.8 Å². The van der Waals surface area contributed by atoms with Crippen molar-refractivity contribution >= 4 is 29.9 Å². The Morgan fingerprint density at radius 1 is 1.24 bits per heavy atom. The molecule has 0 unspecified atom stereocenters. The van der Waals surface area contributed by atoms with Crippen LogP contribution >= 0.6 is 24.0 Å². The Kier molecular flexibility index (Phi) is 12.9. The molecule has 0 fully saturated rings. The summed E-state index contributed by atoms with van der Waals surface area (Å²) in [7, 11) is 2.16. The molecule has 0 bridgehead atoms. The van der Waals surface area contributed by atoms with Crippen molar-refractivity contribution < 1.29 is 4.39 Å². The SMILES string of the molecule is CCNC(=NCc1ccc(C)c(F)c1)NCCCCN(C)C(C)C.I. The summed E-state index contributed by atoms with van der Waals surface area (Å²) < 4.78 is 13.6. The lowest BCUT2D eigenvalue weighted by Gasteiger charge is -2.20. The molecule has 0 aliphatic heterocycles. The van der Waals surface area contributed by atoms with Gasteiger partial charge in [0, 0.05) is 19.1 Å². The number of aliphatic imine (C=N–C) groups is 1. The number of benzene rings is 1. The molecule has 1 rings (SSSR count). The van der Waals surface area contributed by atoms with Crippen LogP contribution in [0.25, 0.3) is 0 Å². The summed E-state index contributed by atoms with van der Waals surface area (Å²) in [4.78, 5) is 6.89. The van der Waals surface area contributed by atoms with E-state index in [1.165, 1.54) is 0 Å². The molecule has 0 saturated heterocycles. The average Bonchev–Trinajstić information content (AvgIpc) is 2.54. The van der Waals surface area contributed by atoms with E-state index in [0.717, 1.165) is 44.0 Å². The average molecular weight is 464 g/mol. The van der Waals surface area contributed by atoms with Gasteiger partial charge in [-0.15, -0.1) is 24.0 Å². The van der Waals surface area contributed by atoms with Gasteiger partial charge in [-0.1, -0.05) is 12.1 Å². The minimum absolute atomic E-state index is 0. The first-order valence-electron chi connectivity index (χ1n) is 8.91. The van der Waals surface area contributed by atoms with Crippen LogP contribution in [-0.4, -0.2) is 43.6 Å². The second kappa shape index (κ2) is 13.3. The highest BCUT2D eigenvalue weighted by atomic mass is 127. The fourth-order valence-corrected chi connectivity index (χ4v) is 2.20. The lowest BCUT2D eigenvalue weighted by Crippen LogP contribution is -2.38. The van der Waals surface area contributed by atoms with E-state index in [1.807, 2.05) is 13.0 Å². The molecule has 0 atom stereocenters. The highest BCUT2D eigenvalue weighted by Gasteiger charge is 2.03. The van der Waals surface area contributed by atoms with E-state index in [9.17, 15) is 4.39 Å². The quantitative estimate of drug-likeness (QED) is 0.252. The highest BCUT2D eigenvalue weighted by molar-refractivity contribution is 14.0. The minimum Gasteiger partial charge on any atom is -0.357 e. The zero-order valence-electron chi connectivity index (χ0n) is 16.2. The van der Waals surface area contributed by atoms with Gasteiger partial charge in [-0.05, 0) is 71.3 Å². The normalized spacial score (nSPS) is 11.6. The number of rotatable bonds is 9. The minimum atomic E-state index is -0.171. The fraction of sp³-hybridized carbons (Fsp3) is 0.632. The predicted molar refractivity (Wildman–Crippen MR) is 116 cm³/mol. The molecule has 0 saturated carbocycles. The Hall–Kier alpha value is -0.890. The van der Waals surface area contributed by atoms with Gasteiger partial charge in [0.25, 0.3) is 0 Å². The number of nitrogens with one attached hydrogen (secondary N) is 2. The third kappa shape index (κ3) is 9.99. The Morgan fingerprint density at radius 3 is 2.56 bits per heavy atom. The van der Waals surface area contributed by atoms with Crippen molar-refractivity contribution in [1.82, 2.24) is 15.5 Å². The summed E-state index contributed by atoms with van der Waals surface area (Å²) in [5.74, 6) is 0.616. The molecule has 0 radical (unpaired) electrons. The maximum atomic E-state index is 13.6. The maximum Gasteiger partial charge on any atom is 0.191 e. The van der Waals surface area contributed by atoms with E-state index in [2.05, 4.69) is 41.4 Å². The van der Waals surface area contributed by atoms with Crippen LogP contribution < -0.4 is 10.6 Å². The lowest BCUT2D eigenvalue weighted by molar-refractivity contribution is 0.268. The van der Waals surface area contributed by atoms with Crippen LogP contribution in [0.3, 0.4) is 0 Å². The Bertz CT molecular complexity index is 520. The molecular formula is C19H34FIN4. The molecule has 6 heteroatoms. The second-order valence-corrected chi connectivity index (χ2v) is 6.49. The molecule has 144 valence electrons. The molecule has 1 aromatic rings. The number of unbranched alkanes of at least 4 members (excludes halogenated alkanes) is 1. The molecule has 0 amide bonds. The van der Waals surface area contributed by atoms with Gasteiger partial charge < -0.3 is 15.5 Å². The number of nitrogens with zero attached hydrogens (tertiary/aromatic N) is 2. The topological polar surface area (TPSA) is 39.7 Å². The van der Waals surface area contributed by atoms with Crippen molar-refractivity contribution in [1.29, 1.82) is 0 Å². The van der Waals surface area contributed by atoms with Gasteiger partial charge in [0.2, 0.25) is 0 Å². The molecule has 0 spiro atoms. The molecule has 0 aliphatic rings. The largest absolute Gasteiger partial charge is 0.357 e. The summed E-state index contributed by atoms with van der Waals surface area (Å²) in [6, 6.07) is 5.87. The Labute approximate surface area is 169 Å². The Balaban J connectivity index is 0.00000576. The van der Waals surface area contributed by atoms with Crippen LogP contribution in [0.15, 0.2) is 23.2 Å². The van der Waals surface area contributed by atoms with Crippen molar-refractivity contribution in [2.45, 2.75) is 53.1 Å². The highest BCUT2D eigenvalue weighted by Crippen LogP contribution is 2.09. The van der Waals surface area contributed by atoms with Gasteiger partial charge in [-0.25, -0.2) is 9.38 Å². The molecule has 0 heterocycles. The van der Waals surface area contributed by atoms with Crippen molar-refractivity contribution in [2.75, 3.05) is 26.7 Å². The van der Waals surface area contributed by atoms with E-state index >= 15 is 0 Å². The standard InChI is InChI=1S/C19H33FN4.HI/c1-6-21-19(22-11-7-8-12-24(5)15(2)3)23-14-17-10-9-16(4)18(20)13-17;/h9-10,13,15H,6-8,11-12,14H2,1-5H3,(H2,21,22,23);1H. The third-order valence-corrected chi connectivity index (χ3v) is 4.11. The van der Waals surface area contributed by atoms with E-state index in [1.54, 1.807) is 19.1 Å². The maximum absolute atomic E-state index is 13.6. The van der Waals surface area contributed by atoms with Gasteiger partial charge in [-0.3, -0.25) is 0 Å². The van der Waals surface area contributed by atoms with Gasteiger partial charge in [-0.2, -0.15) is 0 Å². The van der Waals surface area contributed by atoms with Crippen LogP contribution in [-0.2, 0) is 6.54 Å². The first kappa shape index (κ1) is 24.1. The van der Waals surface area contributed by atoms with Gasteiger partial charge >= 0.3 is 0 Å². The van der Waals surface area contributed by atoms with E-state index < -0.39 is 0 Å². The summed E-state index contributed by atoms with van der Waals surface area (Å²) in [6.07, 6.45) is 2.25. The van der Waals surface area contributed by atoms with Crippen molar-refractivity contribution in [3.63, 3.8) is 0 Å². The van der Waals surface area contributed by atoms with Crippen LogP contribution in [0, 0.1) is 12.7 Å². The zero-order valence-corrected chi connectivity index (χ0v) is 18.6. The van der Waals surface area contributed by atoms with Crippen LogP contribution in [0.2, 0.25) is 0 Å². The molecule has 1 aromatic carbocycles. The molecule has 4 nitrogen and oxygen atoms in total. The third-order valence-electron chi connectivity index (χ3n) is 4.11. The molecule has 25 heavy (non-hydrogen) atoms. The fourth-order valence-electron chi connectivity index (χ4n) is 2.20. The molecule has 2 N–H and O–H groups in total. The van der Waals surface area contributed by atoms with Crippen molar-refractivity contribution in [3.05, 3.63) is 35.1 Å². The summed E-state index contributed by atoms with van der Waals surface area (Å²) in [5.41, 5.74) is 1.55. The smallest absolute Gasteiger partial charge is 0.191 e. The van der Waals surface area contributed by atoms with Crippen LogP contribution in [0.4, 0.5) is 4.39 Å². The van der Waals surface area contributed by atoms with Gasteiger partial charge in [0.15, 0.2) is 5.96 Å². The Morgan fingerprint density at radius 2 is 1.96 bits per heavy atom. The predicted octanol–water partition coefficient (Wildman–Crippen LogP) is 3.93. The van der Waals surface area contributed by atoms with Crippen LogP contribution in [0.5, 0.6) is 0 Å². The zero-order chi connectivity index (χ0) is 17.9. The first-order chi connectivity index (χ1) is 11.4. The molecular weight excluding hydrogens is 430 g/mol. The second-order valence-electron chi connectivity index (χ2n) is 6.49. The number of halogens is 2. The summed E-state index contributed by atoms with van der Waals surface area (Å²) >= 11 is 0. The van der Waals surface area contributed by atoms with Crippen molar-refractivity contribution in [2.24, 2.45) is 4.99 Å². The van der Waals surface area contributed by atoms with Gasteiger partial charge in [0.1, 0.15) is 5.82 Å². The number of hydrogen-bond acceptors (Lipinski definition) is 2. The monoisotopic (exact) mass is 464 g/mol. The molecule has 0 aliphatic carbocycles. The number of aryl methyl sites for hydroxylation is 1. The lowest BCUT2D eigenvalue weighted by atomic mass is 10.1. The molecule has 0 aromatic heterocycles. The van der Waals surface area contributed by atoms with Gasteiger partial charge in [0.05, 0.1) is 6.54 Å². The summed E-state index contributed by atoms with van der Waals surface area (Å²) in [5, 5.41) is 6.58. The van der Waals surface area contributed by atoms with E-state index in [0.29, 0.717) is 18.2 Å². The van der Waals surface area contributed by atoms with E-state index in [4.69, 9.17) is 0 Å². The van der Waals surface area contributed by atoms with Crippen LogP contribution in [0.1, 0.15) is 44.7 Å².